The second-order valence-electron chi connectivity index (χ2n) is 5.90. The predicted molar refractivity (Wildman–Crippen MR) is 95.8 cm³/mol. The van der Waals surface area contributed by atoms with Crippen molar-refractivity contribution in [2.45, 2.75) is 25.7 Å². The molecule has 0 amide bonds. The van der Waals surface area contributed by atoms with E-state index in [1.165, 1.54) is 16.0 Å². The second kappa shape index (κ2) is 7.21. The summed E-state index contributed by atoms with van der Waals surface area (Å²) < 4.78 is 5.94. The van der Waals surface area contributed by atoms with Gasteiger partial charge in [-0.15, -0.1) is 11.3 Å². The summed E-state index contributed by atoms with van der Waals surface area (Å²) in [5, 5.41) is 4.54. The van der Waals surface area contributed by atoms with Gasteiger partial charge < -0.3 is 10.1 Å². The van der Waals surface area contributed by atoms with Crippen LogP contribution in [0.3, 0.4) is 0 Å². The maximum atomic E-state index is 5.94. The van der Waals surface area contributed by atoms with Crippen molar-refractivity contribution in [3.8, 4) is 10.6 Å². The number of rotatable bonds is 5. The molecule has 3 aromatic rings. The minimum absolute atomic E-state index is 0.243. The SMILES string of the molecule is c1ccc2c(c1)CO[C@H](CNCc1cnc(-c3ccncc3)s1)C2. The summed E-state index contributed by atoms with van der Waals surface area (Å²) in [5.41, 5.74) is 3.85. The van der Waals surface area contributed by atoms with Crippen LogP contribution in [0.25, 0.3) is 10.6 Å². The third-order valence-corrected chi connectivity index (χ3v) is 5.24. The number of pyridine rings is 1. The molecule has 4 rings (SSSR count). The van der Waals surface area contributed by atoms with Crippen molar-refractivity contribution in [3.05, 3.63) is 71.0 Å². The van der Waals surface area contributed by atoms with Gasteiger partial charge in [-0.05, 0) is 23.3 Å². The van der Waals surface area contributed by atoms with Crippen molar-refractivity contribution in [1.29, 1.82) is 0 Å². The number of hydrogen-bond donors (Lipinski definition) is 1. The van der Waals surface area contributed by atoms with E-state index >= 15 is 0 Å². The first kappa shape index (κ1) is 15.4. The molecule has 0 radical (unpaired) electrons. The molecule has 3 heterocycles. The summed E-state index contributed by atoms with van der Waals surface area (Å²) in [6.07, 6.45) is 6.77. The quantitative estimate of drug-likeness (QED) is 0.775. The topological polar surface area (TPSA) is 47.0 Å². The summed E-state index contributed by atoms with van der Waals surface area (Å²) in [6, 6.07) is 12.5. The van der Waals surface area contributed by atoms with Crippen LogP contribution >= 0.6 is 11.3 Å². The van der Waals surface area contributed by atoms with Crippen molar-refractivity contribution >= 4 is 11.3 Å². The molecular formula is C19H19N3OS. The first-order chi connectivity index (χ1) is 11.9. The van der Waals surface area contributed by atoms with Gasteiger partial charge in [-0.3, -0.25) is 4.98 Å². The zero-order chi connectivity index (χ0) is 16.2. The van der Waals surface area contributed by atoms with Gasteiger partial charge in [0.1, 0.15) is 5.01 Å². The number of nitrogens with zero attached hydrogens (tertiary/aromatic N) is 2. The highest BCUT2D eigenvalue weighted by Gasteiger charge is 2.18. The number of fused-ring (bicyclic) bond motifs is 1. The molecular weight excluding hydrogens is 318 g/mol. The highest BCUT2D eigenvalue weighted by Crippen LogP contribution is 2.24. The smallest absolute Gasteiger partial charge is 0.123 e. The fourth-order valence-corrected chi connectivity index (χ4v) is 3.80. The number of aromatic nitrogens is 2. The van der Waals surface area contributed by atoms with Crippen LogP contribution in [0, 0.1) is 0 Å². The van der Waals surface area contributed by atoms with E-state index in [4.69, 9.17) is 4.74 Å². The Hall–Kier alpha value is -2.08. The molecule has 0 spiro atoms. The normalized spacial score (nSPS) is 16.8. The van der Waals surface area contributed by atoms with Gasteiger partial charge in [-0.25, -0.2) is 4.98 Å². The van der Waals surface area contributed by atoms with E-state index in [9.17, 15) is 0 Å². The van der Waals surface area contributed by atoms with Crippen LogP contribution in [0.5, 0.6) is 0 Å². The van der Waals surface area contributed by atoms with E-state index in [0.717, 1.165) is 36.7 Å². The maximum absolute atomic E-state index is 5.94. The Morgan fingerprint density at radius 3 is 2.83 bits per heavy atom. The van der Waals surface area contributed by atoms with Crippen molar-refractivity contribution in [2.24, 2.45) is 0 Å². The van der Waals surface area contributed by atoms with Crippen LogP contribution in [0.4, 0.5) is 0 Å². The lowest BCUT2D eigenvalue weighted by Crippen LogP contribution is -2.33. The van der Waals surface area contributed by atoms with Crippen LogP contribution in [0.1, 0.15) is 16.0 Å². The van der Waals surface area contributed by atoms with Gasteiger partial charge in [0.05, 0.1) is 12.7 Å². The second-order valence-corrected chi connectivity index (χ2v) is 7.02. The number of nitrogens with one attached hydrogen (secondary N) is 1. The third kappa shape index (κ3) is 3.53. The van der Waals surface area contributed by atoms with Crippen molar-refractivity contribution in [3.63, 3.8) is 0 Å². The molecule has 0 saturated heterocycles. The Morgan fingerprint density at radius 1 is 1.12 bits per heavy atom. The molecule has 0 fully saturated rings. The van der Waals surface area contributed by atoms with Crippen molar-refractivity contribution < 1.29 is 4.74 Å². The van der Waals surface area contributed by atoms with Gasteiger partial charge >= 0.3 is 0 Å². The van der Waals surface area contributed by atoms with Gasteiger partial charge in [0, 0.05) is 48.5 Å². The Balaban J connectivity index is 1.30. The van der Waals surface area contributed by atoms with Crippen molar-refractivity contribution in [2.75, 3.05) is 6.54 Å². The molecule has 5 heteroatoms. The van der Waals surface area contributed by atoms with Crippen LogP contribution in [0.2, 0.25) is 0 Å². The zero-order valence-corrected chi connectivity index (χ0v) is 14.1. The predicted octanol–water partition coefficient (Wildman–Crippen LogP) is 3.44. The molecule has 1 atom stereocenters. The van der Waals surface area contributed by atoms with E-state index in [0.29, 0.717) is 0 Å². The average Bonchev–Trinajstić information content (AvgIpc) is 3.11. The lowest BCUT2D eigenvalue weighted by molar-refractivity contribution is 0.0289. The van der Waals surface area contributed by atoms with Gasteiger partial charge in [-0.2, -0.15) is 0 Å². The Kier molecular flexibility index (Phi) is 4.64. The molecule has 0 aliphatic carbocycles. The monoisotopic (exact) mass is 337 g/mol. The molecule has 1 N–H and O–H groups in total. The molecule has 1 aliphatic heterocycles. The van der Waals surface area contributed by atoms with Crippen LogP contribution in [-0.2, 0) is 24.3 Å². The third-order valence-electron chi connectivity index (χ3n) is 4.19. The summed E-state index contributed by atoms with van der Waals surface area (Å²) in [7, 11) is 0. The molecule has 24 heavy (non-hydrogen) atoms. The summed E-state index contributed by atoms with van der Waals surface area (Å²) in [5.74, 6) is 0. The first-order valence-electron chi connectivity index (χ1n) is 8.13. The Labute approximate surface area is 145 Å². The highest BCUT2D eigenvalue weighted by atomic mass is 32.1. The fraction of sp³-hybridized carbons (Fsp3) is 0.263. The molecule has 0 saturated carbocycles. The molecule has 4 nitrogen and oxygen atoms in total. The van der Waals surface area contributed by atoms with E-state index in [1.807, 2.05) is 18.3 Å². The largest absolute Gasteiger partial charge is 0.372 e. The standard InChI is InChI=1S/C19H19N3OS/c1-2-4-16-13-23-17(9-15(16)3-1)10-21-11-18-12-22-19(24-18)14-5-7-20-8-6-14/h1-8,12,17,21H,9-11,13H2/t17-/m0/s1. The van der Waals surface area contributed by atoms with Gasteiger partial charge in [0.15, 0.2) is 0 Å². The summed E-state index contributed by atoms with van der Waals surface area (Å²) >= 11 is 1.72. The molecule has 122 valence electrons. The van der Waals surface area contributed by atoms with Crippen LogP contribution < -0.4 is 5.32 Å². The maximum Gasteiger partial charge on any atom is 0.123 e. The van der Waals surface area contributed by atoms with Crippen LogP contribution in [0.15, 0.2) is 55.0 Å². The molecule has 0 unspecified atom stereocenters. The number of ether oxygens (including phenoxy) is 1. The van der Waals surface area contributed by atoms with Gasteiger partial charge in [0.25, 0.3) is 0 Å². The lowest BCUT2D eigenvalue weighted by atomic mass is 9.99. The summed E-state index contributed by atoms with van der Waals surface area (Å²) in [4.78, 5) is 9.78. The first-order valence-corrected chi connectivity index (χ1v) is 8.94. The average molecular weight is 337 g/mol. The van der Waals surface area contributed by atoms with E-state index < -0.39 is 0 Å². The Bertz CT molecular complexity index is 803. The number of thiazole rings is 1. The van der Waals surface area contributed by atoms with E-state index in [1.54, 1.807) is 23.7 Å². The van der Waals surface area contributed by atoms with E-state index in [-0.39, 0.29) is 6.10 Å². The lowest BCUT2D eigenvalue weighted by Gasteiger charge is -2.25. The fourth-order valence-electron chi connectivity index (χ4n) is 2.91. The van der Waals surface area contributed by atoms with Crippen LogP contribution in [-0.4, -0.2) is 22.6 Å². The minimum Gasteiger partial charge on any atom is -0.372 e. The molecule has 1 aromatic carbocycles. The van der Waals surface area contributed by atoms with Crippen molar-refractivity contribution in [1.82, 2.24) is 15.3 Å². The number of benzene rings is 1. The minimum atomic E-state index is 0.243. The van der Waals surface area contributed by atoms with Gasteiger partial charge in [-0.1, -0.05) is 24.3 Å². The van der Waals surface area contributed by atoms with Gasteiger partial charge in [0.2, 0.25) is 0 Å². The Morgan fingerprint density at radius 2 is 1.96 bits per heavy atom. The molecule has 2 aromatic heterocycles. The molecule has 1 aliphatic rings. The number of hydrogen-bond acceptors (Lipinski definition) is 5. The highest BCUT2D eigenvalue weighted by molar-refractivity contribution is 7.15. The zero-order valence-electron chi connectivity index (χ0n) is 13.3. The molecule has 0 bridgehead atoms. The summed E-state index contributed by atoms with van der Waals surface area (Å²) in [6.45, 7) is 2.40. The van der Waals surface area contributed by atoms with E-state index in [2.05, 4.69) is 39.6 Å².